The second kappa shape index (κ2) is 5.19. The van der Waals surface area contributed by atoms with Gasteiger partial charge >= 0.3 is 5.97 Å². The van der Waals surface area contributed by atoms with Gasteiger partial charge in [0, 0.05) is 19.3 Å². The summed E-state index contributed by atoms with van der Waals surface area (Å²) in [4.78, 5) is 10.9. The van der Waals surface area contributed by atoms with E-state index in [9.17, 15) is 4.79 Å². The lowest BCUT2D eigenvalue weighted by molar-refractivity contribution is -0.141. The molecule has 1 unspecified atom stereocenters. The summed E-state index contributed by atoms with van der Waals surface area (Å²) in [5.41, 5.74) is 5.87. The number of ether oxygens (including phenoxy) is 2. The molecule has 0 spiro atoms. The highest BCUT2D eigenvalue weighted by Gasteiger charge is 2.22. The number of hydrogen-bond acceptors (Lipinski definition) is 4. The highest BCUT2D eigenvalue weighted by Crippen LogP contribution is 2.19. The molecule has 0 amide bonds. The van der Waals surface area contributed by atoms with Gasteiger partial charge in [-0.2, -0.15) is 0 Å². The van der Waals surface area contributed by atoms with Crippen molar-refractivity contribution in [3.63, 3.8) is 0 Å². The van der Waals surface area contributed by atoms with Crippen LogP contribution in [0.2, 0.25) is 0 Å². The van der Waals surface area contributed by atoms with E-state index in [-0.39, 0.29) is 12.0 Å². The average Bonchev–Trinajstić information content (AvgIpc) is 2.19. The van der Waals surface area contributed by atoms with Gasteiger partial charge in [0.15, 0.2) is 0 Å². The molecule has 0 aromatic carbocycles. The van der Waals surface area contributed by atoms with E-state index >= 15 is 0 Å². The predicted octanol–water partition coefficient (Wildman–Crippen LogP) is 0.303. The van der Waals surface area contributed by atoms with Gasteiger partial charge in [-0.15, -0.1) is 0 Å². The van der Waals surface area contributed by atoms with E-state index in [4.69, 9.17) is 10.5 Å². The van der Waals surface area contributed by atoms with Gasteiger partial charge in [-0.1, -0.05) is 0 Å². The molecule has 2 N–H and O–H groups in total. The Morgan fingerprint density at radius 1 is 1.62 bits per heavy atom. The van der Waals surface area contributed by atoms with Gasteiger partial charge in [-0.25, -0.2) is 0 Å². The Labute approximate surface area is 78.4 Å². The van der Waals surface area contributed by atoms with Crippen LogP contribution in [0.15, 0.2) is 0 Å². The van der Waals surface area contributed by atoms with Gasteiger partial charge < -0.3 is 15.2 Å². The summed E-state index contributed by atoms with van der Waals surface area (Å²) in [6.07, 6.45) is 2.23. The standard InChI is InChI=1S/C9H17NO3/c1-12-9(11)6-8(10)7-2-4-13-5-3-7/h7-8H,2-6,10H2,1H3. The second-order valence-electron chi connectivity index (χ2n) is 3.39. The molecular weight excluding hydrogens is 170 g/mol. The van der Waals surface area contributed by atoms with E-state index in [1.165, 1.54) is 7.11 Å². The quantitative estimate of drug-likeness (QED) is 0.646. The molecule has 4 heteroatoms. The molecule has 0 radical (unpaired) electrons. The minimum Gasteiger partial charge on any atom is -0.469 e. The minimum atomic E-state index is -0.223. The van der Waals surface area contributed by atoms with Crippen molar-refractivity contribution in [1.29, 1.82) is 0 Å². The van der Waals surface area contributed by atoms with Crippen molar-refractivity contribution in [1.82, 2.24) is 0 Å². The molecule has 0 aliphatic carbocycles. The first-order valence-electron chi connectivity index (χ1n) is 4.64. The Bertz CT molecular complexity index is 166. The van der Waals surface area contributed by atoms with E-state index in [2.05, 4.69) is 4.74 Å². The van der Waals surface area contributed by atoms with Gasteiger partial charge in [-0.05, 0) is 18.8 Å². The number of esters is 1. The van der Waals surface area contributed by atoms with Crippen LogP contribution in [0.4, 0.5) is 0 Å². The summed E-state index contributed by atoms with van der Waals surface area (Å²) in [5, 5.41) is 0. The molecule has 1 aliphatic heterocycles. The maximum absolute atomic E-state index is 10.9. The lowest BCUT2D eigenvalue weighted by atomic mass is 9.90. The monoisotopic (exact) mass is 187 g/mol. The molecule has 1 atom stereocenters. The van der Waals surface area contributed by atoms with Gasteiger partial charge in [0.1, 0.15) is 0 Å². The third-order valence-electron chi connectivity index (χ3n) is 2.50. The van der Waals surface area contributed by atoms with Crippen LogP contribution in [0.1, 0.15) is 19.3 Å². The summed E-state index contributed by atoms with van der Waals surface area (Å²) in [7, 11) is 1.39. The molecule has 1 saturated heterocycles. The summed E-state index contributed by atoms with van der Waals surface area (Å²) in [6, 6.07) is -0.0728. The Morgan fingerprint density at radius 2 is 2.23 bits per heavy atom. The molecule has 76 valence electrons. The Balaban J connectivity index is 2.28. The Kier molecular flexibility index (Phi) is 4.18. The summed E-state index contributed by atoms with van der Waals surface area (Å²) >= 11 is 0. The number of rotatable bonds is 3. The first-order valence-corrected chi connectivity index (χ1v) is 4.64. The number of methoxy groups -OCH3 is 1. The molecule has 1 heterocycles. The maximum atomic E-state index is 10.9. The lowest BCUT2D eigenvalue weighted by Gasteiger charge is -2.26. The number of nitrogens with two attached hydrogens (primary N) is 1. The molecule has 13 heavy (non-hydrogen) atoms. The largest absolute Gasteiger partial charge is 0.469 e. The fourth-order valence-corrected chi connectivity index (χ4v) is 1.59. The van der Waals surface area contributed by atoms with Crippen molar-refractivity contribution < 1.29 is 14.3 Å². The van der Waals surface area contributed by atoms with Crippen LogP contribution >= 0.6 is 0 Å². The van der Waals surface area contributed by atoms with Crippen molar-refractivity contribution in [2.45, 2.75) is 25.3 Å². The first kappa shape index (κ1) is 10.5. The minimum absolute atomic E-state index is 0.0728. The fourth-order valence-electron chi connectivity index (χ4n) is 1.59. The Morgan fingerprint density at radius 3 is 2.77 bits per heavy atom. The van der Waals surface area contributed by atoms with Crippen LogP contribution in [0.25, 0.3) is 0 Å². The molecule has 4 nitrogen and oxygen atoms in total. The molecule has 1 aliphatic rings. The topological polar surface area (TPSA) is 61.5 Å². The van der Waals surface area contributed by atoms with Crippen molar-refractivity contribution >= 4 is 5.97 Å². The normalized spacial score (nSPS) is 21.1. The van der Waals surface area contributed by atoms with E-state index in [0.29, 0.717) is 12.3 Å². The smallest absolute Gasteiger partial charge is 0.307 e. The third kappa shape index (κ3) is 3.32. The van der Waals surface area contributed by atoms with E-state index in [1.54, 1.807) is 0 Å². The summed E-state index contributed by atoms with van der Waals surface area (Å²) in [6.45, 7) is 1.53. The third-order valence-corrected chi connectivity index (χ3v) is 2.50. The molecule has 0 bridgehead atoms. The van der Waals surface area contributed by atoms with Crippen molar-refractivity contribution in [2.24, 2.45) is 11.7 Å². The maximum Gasteiger partial charge on any atom is 0.307 e. The molecule has 0 aromatic heterocycles. The van der Waals surface area contributed by atoms with Crippen molar-refractivity contribution in [2.75, 3.05) is 20.3 Å². The summed E-state index contributed by atoms with van der Waals surface area (Å²) < 4.78 is 9.77. The number of carbonyl (C=O) groups excluding carboxylic acids is 1. The average molecular weight is 187 g/mol. The number of hydrogen-bond donors (Lipinski definition) is 1. The molecule has 1 rings (SSSR count). The predicted molar refractivity (Wildman–Crippen MR) is 48.2 cm³/mol. The summed E-state index contributed by atoms with van der Waals surface area (Å²) in [5.74, 6) is 0.187. The van der Waals surface area contributed by atoms with Crippen LogP contribution in [0.3, 0.4) is 0 Å². The van der Waals surface area contributed by atoms with Gasteiger partial charge in [0.25, 0.3) is 0 Å². The van der Waals surface area contributed by atoms with Crippen LogP contribution in [-0.2, 0) is 14.3 Å². The van der Waals surface area contributed by atoms with E-state index in [0.717, 1.165) is 26.1 Å². The lowest BCUT2D eigenvalue weighted by Crippen LogP contribution is -2.36. The zero-order valence-corrected chi connectivity index (χ0v) is 7.99. The van der Waals surface area contributed by atoms with Gasteiger partial charge in [0.05, 0.1) is 13.5 Å². The van der Waals surface area contributed by atoms with Crippen LogP contribution < -0.4 is 5.73 Å². The molecule has 1 fully saturated rings. The molecule has 0 aromatic rings. The van der Waals surface area contributed by atoms with Gasteiger partial charge in [-0.3, -0.25) is 4.79 Å². The van der Waals surface area contributed by atoms with E-state index < -0.39 is 0 Å². The van der Waals surface area contributed by atoms with Crippen molar-refractivity contribution in [3.05, 3.63) is 0 Å². The highest BCUT2D eigenvalue weighted by atomic mass is 16.5. The van der Waals surface area contributed by atoms with Crippen molar-refractivity contribution in [3.8, 4) is 0 Å². The number of carbonyl (C=O) groups is 1. The van der Waals surface area contributed by atoms with Gasteiger partial charge in [0.2, 0.25) is 0 Å². The second-order valence-corrected chi connectivity index (χ2v) is 3.39. The van der Waals surface area contributed by atoms with Crippen LogP contribution in [-0.4, -0.2) is 32.3 Å². The van der Waals surface area contributed by atoms with Crippen LogP contribution in [0, 0.1) is 5.92 Å². The zero-order valence-electron chi connectivity index (χ0n) is 7.99. The Hall–Kier alpha value is -0.610. The van der Waals surface area contributed by atoms with Crippen LogP contribution in [0.5, 0.6) is 0 Å². The zero-order chi connectivity index (χ0) is 9.68. The molecular formula is C9H17NO3. The molecule has 0 saturated carbocycles. The fraction of sp³-hybridized carbons (Fsp3) is 0.889. The first-order chi connectivity index (χ1) is 6.24. The van der Waals surface area contributed by atoms with E-state index in [1.807, 2.05) is 0 Å². The highest BCUT2D eigenvalue weighted by molar-refractivity contribution is 5.69. The SMILES string of the molecule is COC(=O)CC(N)C1CCOCC1.